The standard InChI is InChI=1S/C12H21NO/c1-4-12(11(2)14-3)10-13-8-6-5-7-9-13/h4H,2,5-10H2,1,3H3/b12-4-. The van der Waals surface area contributed by atoms with Gasteiger partial charge in [-0.15, -0.1) is 0 Å². The topological polar surface area (TPSA) is 12.5 Å². The lowest BCUT2D eigenvalue weighted by atomic mass is 10.1. The highest BCUT2D eigenvalue weighted by Gasteiger charge is 2.12. The Kier molecular flexibility index (Phi) is 4.74. The van der Waals surface area contributed by atoms with Crippen LogP contribution in [0.3, 0.4) is 0 Å². The highest BCUT2D eigenvalue weighted by atomic mass is 16.5. The zero-order valence-corrected chi connectivity index (χ0v) is 9.38. The number of methoxy groups -OCH3 is 1. The molecule has 0 bridgehead atoms. The largest absolute Gasteiger partial charge is 0.497 e. The van der Waals surface area contributed by atoms with Crippen molar-refractivity contribution in [2.24, 2.45) is 0 Å². The minimum Gasteiger partial charge on any atom is -0.497 e. The number of piperidine rings is 1. The molecule has 14 heavy (non-hydrogen) atoms. The molecule has 0 aromatic rings. The molecule has 1 rings (SSSR count). The smallest absolute Gasteiger partial charge is 0.115 e. The quantitative estimate of drug-likeness (QED) is 0.505. The lowest BCUT2D eigenvalue weighted by molar-refractivity contribution is 0.235. The van der Waals surface area contributed by atoms with Gasteiger partial charge < -0.3 is 4.74 Å². The van der Waals surface area contributed by atoms with E-state index >= 15 is 0 Å². The monoisotopic (exact) mass is 195 g/mol. The summed E-state index contributed by atoms with van der Waals surface area (Å²) in [5.41, 5.74) is 1.22. The summed E-state index contributed by atoms with van der Waals surface area (Å²) in [6.45, 7) is 9.36. The average Bonchev–Trinajstić information content (AvgIpc) is 2.26. The van der Waals surface area contributed by atoms with Gasteiger partial charge in [-0.3, -0.25) is 4.90 Å². The first-order valence-electron chi connectivity index (χ1n) is 5.38. The van der Waals surface area contributed by atoms with E-state index in [1.54, 1.807) is 7.11 Å². The Morgan fingerprint density at radius 3 is 2.50 bits per heavy atom. The third-order valence-corrected chi connectivity index (χ3v) is 2.80. The molecule has 0 aliphatic carbocycles. The van der Waals surface area contributed by atoms with Gasteiger partial charge in [-0.1, -0.05) is 19.1 Å². The van der Waals surface area contributed by atoms with E-state index in [2.05, 4.69) is 17.6 Å². The van der Waals surface area contributed by atoms with Gasteiger partial charge in [-0.2, -0.15) is 0 Å². The molecule has 0 N–H and O–H groups in total. The molecule has 1 saturated heterocycles. The van der Waals surface area contributed by atoms with Crippen LogP contribution in [0, 0.1) is 0 Å². The number of allylic oxidation sites excluding steroid dienone is 1. The molecule has 1 heterocycles. The van der Waals surface area contributed by atoms with Crippen molar-refractivity contribution in [3.63, 3.8) is 0 Å². The van der Waals surface area contributed by atoms with Crippen LogP contribution in [-0.4, -0.2) is 31.6 Å². The first kappa shape index (κ1) is 11.3. The summed E-state index contributed by atoms with van der Waals surface area (Å²) in [5, 5.41) is 0. The Hall–Kier alpha value is -0.760. The van der Waals surface area contributed by atoms with E-state index < -0.39 is 0 Å². The van der Waals surface area contributed by atoms with Gasteiger partial charge >= 0.3 is 0 Å². The summed E-state index contributed by atoms with van der Waals surface area (Å²) in [6, 6.07) is 0. The van der Waals surface area contributed by atoms with Gasteiger partial charge in [0, 0.05) is 12.1 Å². The van der Waals surface area contributed by atoms with Crippen LogP contribution >= 0.6 is 0 Å². The Morgan fingerprint density at radius 2 is 2.00 bits per heavy atom. The number of hydrogen-bond donors (Lipinski definition) is 0. The normalized spacial score (nSPS) is 19.4. The first-order chi connectivity index (χ1) is 6.77. The van der Waals surface area contributed by atoms with Gasteiger partial charge in [-0.25, -0.2) is 0 Å². The van der Waals surface area contributed by atoms with Crippen molar-refractivity contribution >= 4 is 0 Å². The van der Waals surface area contributed by atoms with Crippen molar-refractivity contribution < 1.29 is 4.74 Å². The van der Waals surface area contributed by atoms with E-state index in [1.807, 2.05) is 6.92 Å². The number of rotatable bonds is 4. The van der Waals surface area contributed by atoms with Crippen LogP contribution in [0.5, 0.6) is 0 Å². The number of likely N-dealkylation sites (tertiary alicyclic amines) is 1. The molecule has 0 radical (unpaired) electrons. The maximum absolute atomic E-state index is 5.16. The van der Waals surface area contributed by atoms with Crippen LogP contribution in [-0.2, 0) is 4.74 Å². The Morgan fingerprint density at radius 1 is 1.36 bits per heavy atom. The van der Waals surface area contributed by atoms with Crippen LogP contribution in [0.1, 0.15) is 26.2 Å². The summed E-state index contributed by atoms with van der Waals surface area (Å²) in [6.07, 6.45) is 6.14. The number of hydrogen-bond acceptors (Lipinski definition) is 2. The summed E-state index contributed by atoms with van der Waals surface area (Å²) < 4.78 is 5.16. The second kappa shape index (κ2) is 5.86. The van der Waals surface area contributed by atoms with E-state index in [4.69, 9.17) is 4.74 Å². The fourth-order valence-electron chi connectivity index (χ4n) is 1.83. The molecule has 80 valence electrons. The molecule has 1 aliphatic rings. The van der Waals surface area contributed by atoms with Crippen molar-refractivity contribution in [1.29, 1.82) is 0 Å². The predicted molar refractivity (Wildman–Crippen MR) is 60.2 cm³/mol. The molecule has 0 saturated carbocycles. The highest BCUT2D eigenvalue weighted by molar-refractivity contribution is 5.24. The van der Waals surface area contributed by atoms with E-state index in [0.29, 0.717) is 0 Å². The number of ether oxygens (including phenoxy) is 1. The van der Waals surface area contributed by atoms with Gasteiger partial charge in [0.05, 0.1) is 7.11 Å². The minimum atomic E-state index is 0.804. The van der Waals surface area contributed by atoms with Crippen LogP contribution in [0.4, 0.5) is 0 Å². The molecule has 0 aromatic carbocycles. The van der Waals surface area contributed by atoms with Crippen LogP contribution < -0.4 is 0 Å². The van der Waals surface area contributed by atoms with Gasteiger partial charge in [-0.05, 0) is 32.9 Å². The fourth-order valence-corrected chi connectivity index (χ4v) is 1.83. The van der Waals surface area contributed by atoms with Crippen molar-refractivity contribution in [3.05, 3.63) is 24.0 Å². The molecule has 2 nitrogen and oxygen atoms in total. The van der Waals surface area contributed by atoms with Crippen LogP contribution in [0.25, 0.3) is 0 Å². The summed E-state index contributed by atoms with van der Waals surface area (Å²) >= 11 is 0. The highest BCUT2D eigenvalue weighted by Crippen LogP contribution is 2.14. The maximum Gasteiger partial charge on any atom is 0.115 e. The van der Waals surface area contributed by atoms with Gasteiger partial charge in [0.25, 0.3) is 0 Å². The molecule has 1 fully saturated rings. The molecule has 0 spiro atoms. The summed E-state index contributed by atoms with van der Waals surface area (Å²) in [4.78, 5) is 2.48. The van der Waals surface area contributed by atoms with Gasteiger partial charge in [0.15, 0.2) is 0 Å². The van der Waals surface area contributed by atoms with Gasteiger partial charge in [0.2, 0.25) is 0 Å². The van der Waals surface area contributed by atoms with Crippen molar-refractivity contribution in [1.82, 2.24) is 4.90 Å². The van der Waals surface area contributed by atoms with Gasteiger partial charge in [0.1, 0.15) is 5.76 Å². The molecule has 0 amide bonds. The predicted octanol–water partition coefficient (Wildman–Crippen LogP) is 2.58. The lowest BCUT2D eigenvalue weighted by Crippen LogP contribution is -2.31. The zero-order valence-electron chi connectivity index (χ0n) is 9.38. The minimum absolute atomic E-state index is 0.804. The van der Waals surface area contributed by atoms with Crippen LogP contribution in [0.2, 0.25) is 0 Å². The first-order valence-corrected chi connectivity index (χ1v) is 5.38. The molecule has 2 heteroatoms. The van der Waals surface area contributed by atoms with E-state index in [1.165, 1.54) is 37.9 Å². The summed E-state index contributed by atoms with van der Waals surface area (Å²) in [5.74, 6) is 0.804. The molecular formula is C12H21NO. The Labute approximate surface area is 87.2 Å². The number of nitrogens with zero attached hydrogens (tertiary/aromatic N) is 1. The fraction of sp³-hybridized carbons (Fsp3) is 0.667. The third kappa shape index (κ3) is 3.18. The maximum atomic E-state index is 5.16. The molecular weight excluding hydrogens is 174 g/mol. The second-order valence-electron chi connectivity index (χ2n) is 3.78. The zero-order chi connectivity index (χ0) is 10.4. The Balaban J connectivity index is 2.43. The average molecular weight is 195 g/mol. The Bertz CT molecular complexity index is 214. The second-order valence-corrected chi connectivity index (χ2v) is 3.78. The van der Waals surface area contributed by atoms with Crippen molar-refractivity contribution in [3.8, 4) is 0 Å². The van der Waals surface area contributed by atoms with Crippen LogP contribution in [0.15, 0.2) is 24.0 Å². The van der Waals surface area contributed by atoms with Crippen molar-refractivity contribution in [2.45, 2.75) is 26.2 Å². The van der Waals surface area contributed by atoms with E-state index in [9.17, 15) is 0 Å². The van der Waals surface area contributed by atoms with Crippen molar-refractivity contribution in [2.75, 3.05) is 26.7 Å². The molecule has 1 aliphatic heterocycles. The molecule has 0 aromatic heterocycles. The SMILES string of the molecule is C=C(OC)/C(=C\C)CN1CCCCC1. The lowest BCUT2D eigenvalue weighted by Gasteiger charge is -2.27. The van der Waals surface area contributed by atoms with E-state index in [-0.39, 0.29) is 0 Å². The summed E-state index contributed by atoms with van der Waals surface area (Å²) in [7, 11) is 1.68. The molecule has 0 unspecified atom stereocenters. The third-order valence-electron chi connectivity index (χ3n) is 2.80. The molecule has 0 atom stereocenters. The van der Waals surface area contributed by atoms with E-state index in [0.717, 1.165) is 12.3 Å².